The van der Waals surface area contributed by atoms with Gasteiger partial charge in [-0.3, -0.25) is 10.1 Å². The number of carbonyl (C=O) groups is 2. The lowest BCUT2D eigenvalue weighted by Gasteiger charge is -2.19. The molecule has 3 aromatic rings. The Bertz CT molecular complexity index is 959. The number of ether oxygens (including phenoxy) is 1. The Morgan fingerprint density at radius 2 is 1.78 bits per heavy atom. The number of hydrogen-bond acceptors (Lipinski definition) is 4. The minimum atomic E-state index is -0.552. The van der Waals surface area contributed by atoms with Crippen molar-refractivity contribution in [2.75, 3.05) is 5.32 Å². The minimum absolute atomic E-state index is 0.172. The minimum Gasteiger partial charge on any atom is -0.458 e. The van der Waals surface area contributed by atoms with Gasteiger partial charge >= 0.3 is 6.09 Å². The first-order valence-corrected chi connectivity index (χ1v) is 8.61. The molecule has 0 aliphatic carbocycles. The third-order valence-corrected chi connectivity index (χ3v) is 3.75. The zero-order valence-corrected chi connectivity index (χ0v) is 15.8. The summed E-state index contributed by atoms with van der Waals surface area (Å²) in [5, 5.41) is 2.69. The van der Waals surface area contributed by atoms with E-state index < -0.39 is 11.7 Å². The van der Waals surface area contributed by atoms with Crippen molar-refractivity contribution < 1.29 is 18.7 Å². The van der Waals surface area contributed by atoms with Crippen LogP contribution in [0, 0.1) is 6.92 Å². The Morgan fingerprint density at radius 1 is 1.07 bits per heavy atom. The fraction of sp³-hybridized carbons (Fsp3) is 0.238. The van der Waals surface area contributed by atoms with Gasteiger partial charge in [0.1, 0.15) is 11.4 Å². The summed E-state index contributed by atoms with van der Waals surface area (Å²) >= 11 is 0. The normalized spacial score (nSPS) is 11.3. The van der Waals surface area contributed by atoms with Gasteiger partial charge in [0.2, 0.25) is 5.78 Å². The molecular formula is C21H22N2O4. The average molecular weight is 366 g/mol. The van der Waals surface area contributed by atoms with Crippen LogP contribution in [0.2, 0.25) is 0 Å². The van der Waals surface area contributed by atoms with E-state index in [1.165, 1.54) is 0 Å². The molecule has 0 unspecified atom stereocenters. The molecule has 1 aromatic carbocycles. The largest absolute Gasteiger partial charge is 0.458 e. The highest BCUT2D eigenvalue weighted by atomic mass is 16.6. The highest BCUT2D eigenvalue weighted by molar-refractivity contribution is 6.07. The van der Waals surface area contributed by atoms with E-state index in [4.69, 9.17) is 9.15 Å². The van der Waals surface area contributed by atoms with Gasteiger partial charge in [-0.2, -0.15) is 0 Å². The number of aromatic nitrogens is 1. The van der Waals surface area contributed by atoms with Gasteiger partial charge in [0.25, 0.3) is 0 Å². The quantitative estimate of drug-likeness (QED) is 0.625. The van der Waals surface area contributed by atoms with Crippen LogP contribution in [-0.4, -0.2) is 22.5 Å². The Kier molecular flexibility index (Phi) is 4.90. The summed E-state index contributed by atoms with van der Waals surface area (Å²) in [5.41, 5.74) is 2.28. The zero-order chi connectivity index (χ0) is 19.6. The van der Waals surface area contributed by atoms with E-state index in [-0.39, 0.29) is 5.78 Å². The molecule has 0 saturated carbocycles. The van der Waals surface area contributed by atoms with Gasteiger partial charge in [-0.1, -0.05) is 12.1 Å². The lowest BCUT2D eigenvalue weighted by molar-refractivity contribution is 0.0635. The predicted octanol–water partition coefficient (Wildman–Crippen LogP) is 5.16. The molecule has 2 aromatic heterocycles. The SMILES string of the molecule is Cc1ccc(C(=O)c2c[nH]c(-c3ccc(NC(=O)OC(C)(C)C)cc3)c2)o1. The van der Waals surface area contributed by atoms with E-state index in [0.29, 0.717) is 22.8 Å². The lowest BCUT2D eigenvalue weighted by atomic mass is 10.1. The first-order chi connectivity index (χ1) is 12.7. The second kappa shape index (κ2) is 7.15. The second-order valence-corrected chi connectivity index (χ2v) is 7.25. The van der Waals surface area contributed by atoms with E-state index in [1.807, 2.05) is 32.9 Å². The number of rotatable bonds is 4. The second-order valence-electron chi connectivity index (χ2n) is 7.25. The first kappa shape index (κ1) is 18.5. The van der Waals surface area contributed by atoms with Gasteiger partial charge in [0.05, 0.1) is 0 Å². The number of H-pyrrole nitrogens is 1. The number of aryl methyl sites for hydroxylation is 1. The average Bonchev–Trinajstić information content (AvgIpc) is 3.22. The van der Waals surface area contributed by atoms with Gasteiger partial charge in [0.15, 0.2) is 5.76 Å². The van der Waals surface area contributed by atoms with Crippen molar-refractivity contribution in [1.29, 1.82) is 0 Å². The Hall–Kier alpha value is -3.28. The molecule has 2 heterocycles. The third-order valence-electron chi connectivity index (χ3n) is 3.75. The monoisotopic (exact) mass is 366 g/mol. The molecule has 0 spiro atoms. The summed E-state index contributed by atoms with van der Waals surface area (Å²) in [7, 11) is 0. The number of furan rings is 1. The van der Waals surface area contributed by atoms with Crippen molar-refractivity contribution in [2.45, 2.75) is 33.3 Å². The molecule has 0 aliphatic heterocycles. The van der Waals surface area contributed by atoms with Crippen LogP contribution in [0.4, 0.5) is 10.5 Å². The van der Waals surface area contributed by atoms with Crippen molar-refractivity contribution >= 4 is 17.6 Å². The van der Waals surface area contributed by atoms with Gasteiger partial charge in [0, 0.05) is 23.1 Å². The van der Waals surface area contributed by atoms with Crippen LogP contribution in [0.15, 0.2) is 53.1 Å². The molecule has 0 atom stereocenters. The summed E-state index contributed by atoms with van der Waals surface area (Å²) in [6, 6.07) is 12.5. The third kappa shape index (κ3) is 4.67. The summed E-state index contributed by atoms with van der Waals surface area (Å²) in [6.07, 6.45) is 1.15. The van der Waals surface area contributed by atoms with Gasteiger partial charge in [-0.25, -0.2) is 4.79 Å². The number of ketones is 1. The lowest BCUT2D eigenvalue weighted by Crippen LogP contribution is -2.27. The molecule has 0 bridgehead atoms. The Labute approximate surface area is 157 Å². The molecule has 6 heteroatoms. The summed E-state index contributed by atoms with van der Waals surface area (Å²) in [4.78, 5) is 27.3. The number of amides is 1. The molecule has 1 amide bonds. The van der Waals surface area contributed by atoms with Crippen molar-refractivity contribution in [3.05, 3.63) is 65.7 Å². The number of aromatic amines is 1. The van der Waals surface area contributed by atoms with E-state index in [2.05, 4.69) is 10.3 Å². The van der Waals surface area contributed by atoms with Crippen LogP contribution in [0.3, 0.4) is 0 Å². The maximum atomic E-state index is 12.4. The topological polar surface area (TPSA) is 84.3 Å². The summed E-state index contributed by atoms with van der Waals surface area (Å²) < 4.78 is 10.6. The fourth-order valence-electron chi connectivity index (χ4n) is 2.55. The van der Waals surface area contributed by atoms with Gasteiger partial charge in [-0.15, -0.1) is 0 Å². The number of benzene rings is 1. The van der Waals surface area contributed by atoms with Crippen LogP contribution < -0.4 is 5.32 Å². The van der Waals surface area contributed by atoms with Crippen LogP contribution >= 0.6 is 0 Å². The molecule has 0 saturated heterocycles. The molecule has 140 valence electrons. The number of hydrogen-bond donors (Lipinski definition) is 2. The standard InChI is InChI=1S/C21H22N2O4/c1-13-5-10-18(26-13)19(24)15-11-17(22-12-15)14-6-8-16(9-7-14)23-20(25)27-21(2,3)4/h5-12,22H,1-4H3,(H,23,25). The van der Waals surface area contributed by atoms with Gasteiger partial charge in [-0.05, 0) is 63.6 Å². The van der Waals surface area contributed by atoms with E-state index in [1.54, 1.807) is 43.5 Å². The first-order valence-electron chi connectivity index (χ1n) is 8.61. The number of nitrogens with one attached hydrogen (secondary N) is 2. The molecule has 0 fully saturated rings. The maximum absolute atomic E-state index is 12.4. The molecule has 0 radical (unpaired) electrons. The molecule has 3 rings (SSSR count). The summed E-state index contributed by atoms with van der Waals surface area (Å²) in [6.45, 7) is 7.23. The maximum Gasteiger partial charge on any atom is 0.412 e. The number of anilines is 1. The van der Waals surface area contributed by atoms with E-state index in [9.17, 15) is 9.59 Å². The van der Waals surface area contributed by atoms with Crippen molar-refractivity contribution in [3.8, 4) is 11.3 Å². The van der Waals surface area contributed by atoms with Crippen molar-refractivity contribution in [1.82, 2.24) is 4.98 Å². The highest BCUT2D eigenvalue weighted by Gasteiger charge is 2.17. The van der Waals surface area contributed by atoms with Crippen molar-refractivity contribution in [2.24, 2.45) is 0 Å². The highest BCUT2D eigenvalue weighted by Crippen LogP contribution is 2.23. The van der Waals surface area contributed by atoms with Crippen LogP contribution in [0.1, 0.15) is 42.6 Å². The predicted molar refractivity (Wildman–Crippen MR) is 103 cm³/mol. The fourth-order valence-corrected chi connectivity index (χ4v) is 2.55. The van der Waals surface area contributed by atoms with E-state index >= 15 is 0 Å². The summed E-state index contributed by atoms with van der Waals surface area (Å²) in [5.74, 6) is 0.839. The smallest absolute Gasteiger partial charge is 0.412 e. The van der Waals surface area contributed by atoms with Gasteiger partial charge < -0.3 is 14.1 Å². The Morgan fingerprint density at radius 3 is 2.37 bits per heavy atom. The zero-order valence-electron chi connectivity index (χ0n) is 15.8. The van der Waals surface area contributed by atoms with Crippen LogP contribution in [0.5, 0.6) is 0 Å². The molecule has 6 nitrogen and oxygen atoms in total. The molecule has 0 aliphatic rings. The van der Waals surface area contributed by atoms with Crippen LogP contribution in [-0.2, 0) is 4.74 Å². The molecule has 27 heavy (non-hydrogen) atoms. The van der Waals surface area contributed by atoms with E-state index in [0.717, 1.165) is 11.3 Å². The van der Waals surface area contributed by atoms with Crippen molar-refractivity contribution in [3.63, 3.8) is 0 Å². The Balaban J connectivity index is 1.70. The number of carbonyl (C=O) groups excluding carboxylic acids is 2. The van der Waals surface area contributed by atoms with Crippen LogP contribution in [0.25, 0.3) is 11.3 Å². The molecular weight excluding hydrogens is 344 g/mol. The molecule has 2 N–H and O–H groups in total.